The van der Waals surface area contributed by atoms with E-state index in [0.717, 1.165) is 24.8 Å². The van der Waals surface area contributed by atoms with Gasteiger partial charge in [-0.2, -0.15) is 5.10 Å². The Morgan fingerprint density at radius 1 is 1.32 bits per heavy atom. The lowest BCUT2D eigenvalue weighted by Crippen LogP contribution is -2.46. The van der Waals surface area contributed by atoms with Crippen LogP contribution in [-0.2, 0) is 16.6 Å². The summed E-state index contributed by atoms with van der Waals surface area (Å²) >= 11 is 0. The molecule has 0 bridgehead atoms. The summed E-state index contributed by atoms with van der Waals surface area (Å²) in [4.78, 5) is 24.8. The fourth-order valence-corrected chi connectivity index (χ4v) is 3.28. The van der Waals surface area contributed by atoms with E-state index in [1.54, 1.807) is 17.9 Å². The van der Waals surface area contributed by atoms with Crippen molar-refractivity contribution in [1.82, 2.24) is 25.7 Å². The van der Waals surface area contributed by atoms with Crippen LogP contribution in [0.2, 0.25) is 0 Å². The molecule has 0 spiro atoms. The first-order valence-electron chi connectivity index (χ1n) is 8.67. The molecule has 142 valence electrons. The summed E-state index contributed by atoms with van der Waals surface area (Å²) in [6, 6.07) is -0.239. The summed E-state index contributed by atoms with van der Waals surface area (Å²) in [5.74, 6) is 0.0136. The summed E-state index contributed by atoms with van der Waals surface area (Å²) in [7, 11) is 3.59. The van der Waals surface area contributed by atoms with Crippen LogP contribution in [0.3, 0.4) is 0 Å². The number of aromatic nitrogens is 2. The Hall–Kier alpha value is -1.60. The van der Waals surface area contributed by atoms with E-state index in [2.05, 4.69) is 21.0 Å². The molecule has 1 fully saturated rings. The predicted octanol–water partition coefficient (Wildman–Crippen LogP) is 1.30. The fraction of sp³-hybridized carbons (Fsp3) is 0.706. The van der Waals surface area contributed by atoms with Gasteiger partial charge in [-0.1, -0.05) is 6.42 Å². The molecule has 1 aliphatic carbocycles. The minimum absolute atomic E-state index is 0. The van der Waals surface area contributed by atoms with Gasteiger partial charge in [0, 0.05) is 36.8 Å². The first-order valence-corrected chi connectivity index (χ1v) is 8.67. The molecular formula is C17H30ClN5O2. The third-order valence-corrected chi connectivity index (χ3v) is 4.43. The number of likely N-dealkylation sites (N-methyl/N-ethyl adjacent to an activating group) is 1. The minimum Gasteiger partial charge on any atom is -0.354 e. The zero-order valence-corrected chi connectivity index (χ0v) is 16.2. The lowest BCUT2D eigenvalue weighted by Gasteiger charge is -2.30. The summed E-state index contributed by atoms with van der Waals surface area (Å²) in [6.07, 6.45) is 7.00. The maximum atomic E-state index is 12.6. The molecule has 1 aromatic rings. The zero-order chi connectivity index (χ0) is 17.7. The molecule has 0 aliphatic heterocycles. The predicted molar refractivity (Wildman–Crippen MR) is 99.4 cm³/mol. The Morgan fingerprint density at radius 3 is 2.60 bits per heavy atom. The number of nitrogens with zero attached hydrogens (tertiary/aromatic N) is 2. The highest BCUT2D eigenvalue weighted by molar-refractivity contribution is 5.85. The molecule has 3 N–H and O–H groups in total. The zero-order valence-electron chi connectivity index (χ0n) is 15.4. The van der Waals surface area contributed by atoms with Gasteiger partial charge in [0.15, 0.2) is 0 Å². The number of carbonyl (C=O) groups excluding carboxylic acids is 2. The lowest BCUT2D eigenvalue weighted by molar-refractivity contribution is -0.128. The highest BCUT2D eigenvalue weighted by atomic mass is 35.5. The van der Waals surface area contributed by atoms with Crippen molar-refractivity contribution >= 4 is 24.2 Å². The molecule has 2 rings (SSSR count). The summed E-state index contributed by atoms with van der Waals surface area (Å²) in [5.41, 5.74) is 0.836. The molecule has 8 heteroatoms. The Kier molecular flexibility index (Phi) is 8.38. The Labute approximate surface area is 155 Å². The normalized spacial score (nSPS) is 21.3. The number of amides is 2. The van der Waals surface area contributed by atoms with E-state index < -0.39 is 6.04 Å². The van der Waals surface area contributed by atoms with Crippen LogP contribution in [0.1, 0.15) is 51.1 Å². The van der Waals surface area contributed by atoms with Crippen LogP contribution in [0.4, 0.5) is 0 Å². The lowest BCUT2D eigenvalue weighted by atomic mass is 9.84. The monoisotopic (exact) mass is 371 g/mol. The van der Waals surface area contributed by atoms with E-state index in [1.807, 2.05) is 27.1 Å². The summed E-state index contributed by atoms with van der Waals surface area (Å²) in [6.45, 7) is 3.93. The highest BCUT2D eigenvalue weighted by Gasteiger charge is 2.30. The standard InChI is InChI=1S/C17H29N5O2.ClH/c1-11(2)20-16(23)12-6-5-7-14(8-12)21-17(24)15(18-3)13-9-19-22(4)10-13;/h9-12,14-15,18H,5-8H2,1-4H3,(H,20,23)(H,21,24);1H. The van der Waals surface area contributed by atoms with Crippen LogP contribution < -0.4 is 16.0 Å². The quantitative estimate of drug-likeness (QED) is 0.703. The highest BCUT2D eigenvalue weighted by Crippen LogP contribution is 2.25. The molecule has 1 aliphatic rings. The van der Waals surface area contributed by atoms with Crippen molar-refractivity contribution in [2.24, 2.45) is 13.0 Å². The van der Waals surface area contributed by atoms with Crippen molar-refractivity contribution in [2.45, 2.75) is 57.7 Å². The van der Waals surface area contributed by atoms with Crippen molar-refractivity contribution in [3.05, 3.63) is 18.0 Å². The summed E-state index contributed by atoms with van der Waals surface area (Å²) < 4.78 is 1.68. The van der Waals surface area contributed by atoms with Gasteiger partial charge < -0.3 is 16.0 Å². The second-order valence-corrected chi connectivity index (χ2v) is 6.90. The molecule has 1 heterocycles. The molecule has 1 saturated carbocycles. The maximum Gasteiger partial charge on any atom is 0.242 e. The molecule has 2 amide bonds. The molecule has 0 aromatic carbocycles. The van der Waals surface area contributed by atoms with Gasteiger partial charge in [-0.3, -0.25) is 14.3 Å². The van der Waals surface area contributed by atoms with Gasteiger partial charge in [0.05, 0.1) is 6.20 Å². The second-order valence-electron chi connectivity index (χ2n) is 6.90. The third kappa shape index (κ3) is 6.01. The maximum absolute atomic E-state index is 12.6. The number of nitrogens with one attached hydrogen (secondary N) is 3. The van der Waals surface area contributed by atoms with Crippen LogP contribution in [0.15, 0.2) is 12.4 Å². The first kappa shape index (κ1) is 21.4. The molecule has 3 atom stereocenters. The van der Waals surface area contributed by atoms with E-state index in [4.69, 9.17) is 0 Å². The van der Waals surface area contributed by atoms with Gasteiger partial charge in [-0.15, -0.1) is 12.4 Å². The number of carbonyl (C=O) groups is 2. The molecule has 3 unspecified atom stereocenters. The second kappa shape index (κ2) is 9.77. The van der Waals surface area contributed by atoms with Gasteiger partial charge in [0.1, 0.15) is 6.04 Å². The SMILES string of the molecule is CNC(C(=O)NC1CCCC(C(=O)NC(C)C)C1)c1cnn(C)c1.Cl. The molecular weight excluding hydrogens is 342 g/mol. The minimum atomic E-state index is -0.427. The first-order chi connectivity index (χ1) is 11.4. The van der Waals surface area contributed by atoms with Gasteiger partial charge in [-0.25, -0.2) is 0 Å². The van der Waals surface area contributed by atoms with Crippen LogP contribution in [0.25, 0.3) is 0 Å². The number of hydrogen-bond acceptors (Lipinski definition) is 4. The Bertz CT molecular complexity index is 575. The average Bonchev–Trinajstić information content (AvgIpc) is 2.94. The van der Waals surface area contributed by atoms with Crippen LogP contribution in [0, 0.1) is 5.92 Å². The van der Waals surface area contributed by atoms with Crippen LogP contribution in [0.5, 0.6) is 0 Å². The largest absolute Gasteiger partial charge is 0.354 e. The van der Waals surface area contributed by atoms with Gasteiger partial charge >= 0.3 is 0 Å². The number of hydrogen-bond donors (Lipinski definition) is 3. The molecule has 0 saturated heterocycles. The number of rotatable bonds is 6. The summed E-state index contributed by atoms with van der Waals surface area (Å²) in [5, 5.41) is 13.2. The van der Waals surface area contributed by atoms with E-state index in [1.165, 1.54) is 0 Å². The van der Waals surface area contributed by atoms with Crippen molar-refractivity contribution in [3.63, 3.8) is 0 Å². The fourth-order valence-electron chi connectivity index (χ4n) is 3.28. The van der Waals surface area contributed by atoms with E-state index in [-0.39, 0.29) is 42.2 Å². The van der Waals surface area contributed by atoms with Gasteiger partial charge in [0.2, 0.25) is 11.8 Å². The van der Waals surface area contributed by atoms with Crippen molar-refractivity contribution in [2.75, 3.05) is 7.05 Å². The van der Waals surface area contributed by atoms with Crippen LogP contribution >= 0.6 is 12.4 Å². The Morgan fingerprint density at radius 2 is 2.04 bits per heavy atom. The molecule has 0 radical (unpaired) electrons. The van der Waals surface area contributed by atoms with Crippen LogP contribution in [-0.4, -0.2) is 40.7 Å². The topological polar surface area (TPSA) is 88.1 Å². The van der Waals surface area contributed by atoms with E-state index in [0.29, 0.717) is 6.42 Å². The molecule has 25 heavy (non-hydrogen) atoms. The molecule has 7 nitrogen and oxygen atoms in total. The smallest absolute Gasteiger partial charge is 0.242 e. The van der Waals surface area contributed by atoms with Gasteiger partial charge in [0.25, 0.3) is 0 Å². The van der Waals surface area contributed by atoms with E-state index >= 15 is 0 Å². The van der Waals surface area contributed by atoms with Gasteiger partial charge in [-0.05, 0) is 40.2 Å². The average molecular weight is 372 g/mol. The van der Waals surface area contributed by atoms with Crippen molar-refractivity contribution < 1.29 is 9.59 Å². The van der Waals surface area contributed by atoms with E-state index in [9.17, 15) is 9.59 Å². The number of halogens is 1. The van der Waals surface area contributed by atoms with Crippen molar-refractivity contribution in [3.8, 4) is 0 Å². The molecule has 1 aromatic heterocycles. The Balaban J connectivity index is 0.00000312. The third-order valence-electron chi connectivity index (χ3n) is 4.43. The number of aryl methyl sites for hydroxylation is 1. The van der Waals surface area contributed by atoms with Crippen molar-refractivity contribution in [1.29, 1.82) is 0 Å².